The zero-order valence-corrected chi connectivity index (χ0v) is 13.1. The van der Waals surface area contributed by atoms with E-state index in [1.165, 1.54) is 18.6 Å². The average molecular weight is 324 g/mol. The molecular weight excluding hydrogens is 307 g/mol. The van der Waals surface area contributed by atoms with Gasteiger partial charge in [0.2, 0.25) is 5.95 Å². The predicted octanol–water partition coefficient (Wildman–Crippen LogP) is 3.29. The van der Waals surface area contributed by atoms with Crippen LogP contribution < -0.4 is 10.2 Å². The highest BCUT2D eigenvalue weighted by Crippen LogP contribution is 2.25. The van der Waals surface area contributed by atoms with Gasteiger partial charge in [-0.2, -0.15) is 9.97 Å². The lowest BCUT2D eigenvalue weighted by atomic mass is 10.1. The van der Waals surface area contributed by atoms with E-state index in [4.69, 9.17) is 0 Å². The first-order valence-electron chi connectivity index (χ1n) is 8.06. The Morgan fingerprint density at radius 3 is 2.46 bits per heavy atom. The Bertz CT molecular complexity index is 845. The molecule has 0 aliphatic carbocycles. The third-order valence-corrected chi connectivity index (χ3v) is 4.07. The van der Waals surface area contributed by atoms with Gasteiger partial charge in [-0.1, -0.05) is 0 Å². The molecule has 0 atom stereocenters. The number of aromatic nitrogens is 4. The number of fused-ring (bicyclic) bond motifs is 1. The number of halogens is 1. The van der Waals surface area contributed by atoms with Crippen LogP contribution in [-0.2, 0) is 0 Å². The molecule has 0 amide bonds. The van der Waals surface area contributed by atoms with Crippen molar-refractivity contribution in [2.24, 2.45) is 0 Å². The van der Waals surface area contributed by atoms with Crippen molar-refractivity contribution in [1.29, 1.82) is 0 Å². The second-order valence-electron chi connectivity index (χ2n) is 5.78. The molecular formula is C17H17FN6. The van der Waals surface area contributed by atoms with Crippen molar-refractivity contribution in [2.45, 2.75) is 19.3 Å². The Morgan fingerprint density at radius 1 is 0.917 bits per heavy atom. The molecule has 1 aromatic carbocycles. The van der Waals surface area contributed by atoms with Crippen molar-refractivity contribution < 1.29 is 4.39 Å². The largest absolute Gasteiger partial charge is 0.341 e. The predicted molar refractivity (Wildman–Crippen MR) is 90.9 cm³/mol. The van der Waals surface area contributed by atoms with Crippen LogP contribution in [0.5, 0.6) is 0 Å². The molecule has 2 aromatic heterocycles. The average Bonchev–Trinajstić information content (AvgIpc) is 2.64. The van der Waals surface area contributed by atoms with Gasteiger partial charge in [0.05, 0.1) is 0 Å². The molecule has 0 radical (unpaired) electrons. The topological polar surface area (TPSA) is 66.8 Å². The number of benzene rings is 1. The Kier molecular flexibility index (Phi) is 3.90. The van der Waals surface area contributed by atoms with Crippen LogP contribution in [0, 0.1) is 5.82 Å². The van der Waals surface area contributed by atoms with Gasteiger partial charge in [0.1, 0.15) is 5.82 Å². The molecule has 0 unspecified atom stereocenters. The number of hydrogen-bond donors (Lipinski definition) is 1. The zero-order valence-electron chi connectivity index (χ0n) is 13.1. The van der Waals surface area contributed by atoms with E-state index in [2.05, 4.69) is 30.2 Å². The summed E-state index contributed by atoms with van der Waals surface area (Å²) in [6.07, 6.45) is 6.76. The number of hydrogen-bond acceptors (Lipinski definition) is 6. The van der Waals surface area contributed by atoms with E-state index >= 15 is 0 Å². The second kappa shape index (κ2) is 6.35. The van der Waals surface area contributed by atoms with Gasteiger partial charge in [-0.25, -0.2) is 14.4 Å². The summed E-state index contributed by atoms with van der Waals surface area (Å²) in [7, 11) is 0. The quantitative estimate of drug-likeness (QED) is 0.797. The number of piperidine rings is 1. The molecule has 1 aliphatic heterocycles. The maximum Gasteiger partial charge on any atom is 0.229 e. The molecule has 4 rings (SSSR count). The summed E-state index contributed by atoms with van der Waals surface area (Å²) >= 11 is 0. The fourth-order valence-corrected chi connectivity index (χ4v) is 2.84. The van der Waals surface area contributed by atoms with Gasteiger partial charge < -0.3 is 10.2 Å². The Balaban J connectivity index is 1.75. The molecule has 0 spiro atoms. The first kappa shape index (κ1) is 14.7. The Hall–Kier alpha value is -2.83. The summed E-state index contributed by atoms with van der Waals surface area (Å²) < 4.78 is 13.1. The fourth-order valence-electron chi connectivity index (χ4n) is 2.84. The maximum atomic E-state index is 13.1. The first-order chi connectivity index (χ1) is 11.8. The third kappa shape index (κ3) is 2.97. The zero-order chi connectivity index (χ0) is 16.4. The molecule has 1 aliphatic rings. The number of rotatable bonds is 3. The second-order valence-corrected chi connectivity index (χ2v) is 5.78. The van der Waals surface area contributed by atoms with Crippen LogP contribution in [-0.4, -0.2) is 33.0 Å². The minimum absolute atomic E-state index is 0.276. The van der Waals surface area contributed by atoms with Crippen LogP contribution in [0.25, 0.3) is 11.2 Å². The summed E-state index contributed by atoms with van der Waals surface area (Å²) in [5.74, 6) is 0.967. The van der Waals surface area contributed by atoms with Crippen molar-refractivity contribution in [3.63, 3.8) is 0 Å². The van der Waals surface area contributed by atoms with Crippen LogP contribution >= 0.6 is 0 Å². The lowest BCUT2D eigenvalue weighted by Gasteiger charge is -2.27. The van der Waals surface area contributed by atoms with E-state index < -0.39 is 0 Å². The molecule has 3 aromatic rings. The highest BCUT2D eigenvalue weighted by atomic mass is 19.1. The smallest absolute Gasteiger partial charge is 0.229 e. The van der Waals surface area contributed by atoms with Crippen molar-refractivity contribution >= 4 is 28.6 Å². The van der Waals surface area contributed by atoms with Crippen LogP contribution in [0.4, 0.5) is 21.8 Å². The SMILES string of the molecule is Fc1ccc(Nc2nc(N3CCCCC3)nc3nccnc23)cc1. The normalized spacial score (nSPS) is 14.8. The molecule has 0 saturated carbocycles. The van der Waals surface area contributed by atoms with Crippen molar-refractivity contribution in [3.8, 4) is 0 Å². The van der Waals surface area contributed by atoms with E-state index in [0.29, 0.717) is 22.9 Å². The fraction of sp³-hybridized carbons (Fsp3) is 0.294. The van der Waals surface area contributed by atoms with E-state index in [-0.39, 0.29) is 5.82 Å². The van der Waals surface area contributed by atoms with Gasteiger partial charge in [0.25, 0.3) is 0 Å². The van der Waals surface area contributed by atoms with Gasteiger partial charge >= 0.3 is 0 Å². The van der Waals surface area contributed by atoms with Gasteiger partial charge in [0.15, 0.2) is 17.0 Å². The third-order valence-electron chi connectivity index (χ3n) is 4.07. The Labute approximate surface area is 138 Å². The van der Waals surface area contributed by atoms with Crippen molar-refractivity contribution in [1.82, 2.24) is 19.9 Å². The molecule has 1 fully saturated rings. The molecule has 6 nitrogen and oxygen atoms in total. The van der Waals surface area contributed by atoms with Crippen LogP contribution in [0.1, 0.15) is 19.3 Å². The first-order valence-corrected chi connectivity index (χ1v) is 8.06. The van der Waals surface area contributed by atoms with E-state index in [1.807, 2.05) is 0 Å². The van der Waals surface area contributed by atoms with Crippen LogP contribution in [0.2, 0.25) is 0 Å². The van der Waals surface area contributed by atoms with Crippen molar-refractivity contribution in [2.75, 3.05) is 23.3 Å². The van der Waals surface area contributed by atoms with E-state index in [9.17, 15) is 4.39 Å². The van der Waals surface area contributed by atoms with Crippen molar-refractivity contribution in [3.05, 3.63) is 42.5 Å². The van der Waals surface area contributed by atoms with Gasteiger partial charge in [-0.15, -0.1) is 0 Å². The summed E-state index contributed by atoms with van der Waals surface area (Å²) in [6.45, 7) is 1.89. The van der Waals surface area contributed by atoms with E-state index in [0.717, 1.165) is 31.6 Å². The summed E-state index contributed by atoms with van der Waals surface area (Å²) in [4.78, 5) is 20.0. The number of nitrogens with one attached hydrogen (secondary N) is 1. The van der Waals surface area contributed by atoms with Crippen LogP contribution in [0.3, 0.4) is 0 Å². The summed E-state index contributed by atoms with van der Waals surface area (Å²) in [5, 5.41) is 3.21. The maximum absolute atomic E-state index is 13.1. The van der Waals surface area contributed by atoms with Crippen LogP contribution in [0.15, 0.2) is 36.7 Å². The molecule has 1 N–H and O–H groups in total. The molecule has 122 valence electrons. The van der Waals surface area contributed by atoms with Gasteiger partial charge in [-0.3, -0.25) is 0 Å². The summed E-state index contributed by atoms with van der Waals surface area (Å²) in [5.41, 5.74) is 1.90. The minimum atomic E-state index is -0.276. The highest BCUT2D eigenvalue weighted by molar-refractivity contribution is 5.85. The molecule has 1 saturated heterocycles. The molecule has 24 heavy (non-hydrogen) atoms. The molecule has 7 heteroatoms. The number of nitrogens with zero attached hydrogens (tertiary/aromatic N) is 5. The summed E-state index contributed by atoms with van der Waals surface area (Å²) in [6, 6.07) is 6.15. The Morgan fingerprint density at radius 2 is 1.67 bits per heavy atom. The van der Waals surface area contributed by atoms with E-state index in [1.54, 1.807) is 24.5 Å². The lowest BCUT2D eigenvalue weighted by molar-refractivity contribution is 0.569. The molecule has 0 bridgehead atoms. The highest BCUT2D eigenvalue weighted by Gasteiger charge is 2.17. The number of anilines is 3. The van der Waals surface area contributed by atoms with Gasteiger partial charge in [0, 0.05) is 31.2 Å². The van der Waals surface area contributed by atoms with Gasteiger partial charge in [-0.05, 0) is 43.5 Å². The lowest BCUT2D eigenvalue weighted by Crippen LogP contribution is -2.31. The minimum Gasteiger partial charge on any atom is -0.341 e. The standard InChI is InChI=1S/C17H17FN6/c18-12-4-6-13(7-5-12)21-16-14-15(20-9-8-19-14)22-17(23-16)24-10-2-1-3-11-24/h4-9H,1-3,10-11H2,(H,20,21,22,23). The monoisotopic (exact) mass is 324 g/mol. The molecule has 3 heterocycles.